The minimum atomic E-state index is -4.07. The molecule has 0 bridgehead atoms. The van der Waals surface area contributed by atoms with Crippen molar-refractivity contribution in [2.45, 2.75) is 30.4 Å². The van der Waals surface area contributed by atoms with Crippen molar-refractivity contribution in [3.63, 3.8) is 0 Å². The summed E-state index contributed by atoms with van der Waals surface area (Å²) in [5.74, 6) is -1.33. The topological polar surface area (TPSA) is 121 Å². The number of hydrogen-bond donors (Lipinski definition) is 2. The highest BCUT2D eigenvalue weighted by Crippen LogP contribution is 2.24. The molecule has 1 fully saturated rings. The zero-order chi connectivity index (χ0) is 16.5. The molecule has 1 aliphatic rings. The minimum absolute atomic E-state index is 0.0567. The second-order valence-electron chi connectivity index (χ2n) is 5.01. The van der Waals surface area contributed by atoms with Gasteiger partial charge in [0.2, 0.25) is 0 Å². The first-order valence-electron chi connectivity index (χ1n) is 6.43. The van der Waals surface area contributed by atoms with E-state index in [4.69, 9.17) is 14.4 Å². The molecule has 0 saturated carbocycles. The van der Waals surface area contributed by atoms with Crippen LogP contribution in [0.25, 0.3) is 0 Å². The Labute approximate surface area is 127 Å². The minimum Gasteiger partial charge on any atom is -0.480 e. The second kappa shape index (κ2) is 5.93. The Morgan fingerprint density at radius 1 is 1.23 bits per heavy atom. The lowest BCUT2D eigenvalue weighted by atomic mass is 10.2. The van der Waals surface area contributed by atoms with Crippen LogP contribution in [0, 0.1) is 6.92 Å². The van der Waals surface area contributed by atoms with Crippen LogP contribution in [0.2, 0.25) is 0 Å². The van der Waals surface area contributed by atoms with E-state index in [-0.39, 0.29) is 17.9 Å². The Morgan fingerprint density at radius 2 is 1.82 bits per heavy atom. The van der Waals surface area contributed by atoms with E-state index in [9.17, 15) is 18.0 Å². The number of carbonyl (C=O) groups is 2. The fraction of sp³-hybridized carbons (Fsp3) is 0.385. The van der Waals surface area contributed by atoms with E-state index in [1.165, 1.54) is 12.1 Å². The molecular weight excluding hydrogens is 314 g/mol. The average molecular weight is 329 g/mol. The van der Waals surface area contributed by atoms with Gasteiger partial charge in [-0.3, -0.25) is 9.08 Å². The number of hydrogen-bond acceptors (Lipinski definition) is 5. The third-order valence-electron chi connectivity index (χ3n) is 3.37. The van der Waals surface area contributed by atoms with Crippen molar-refractivity contribution in [3.8, 4) is 0 Å². The third kappa shape index (κ3) is 3.37. The van der Waals surface area contributed by atoms with E-state index >= 15 is 0 Å². The van der Waals surface area contributed by atoms with E-state index in [0.29, 0.717) is 4.90 Å². The molecule has 0 aromatic heterocycles. The summed E-state index contributed by atoms with van der Waals surface area (Å²) < 4.78 is 29.2. The molecule has 0 radical (unpaired) electrons. The molecule has 1 amide bonds. The zero-order valence-electron chi connectivity index (χ0n) is 11.7. The molecule has 0 spiro atoms. The van der Waals surface area contributed by atoms with Gasteiger partial charge in [0.15, 0.2) is 0 Å². The molecule has 0 unspecified atom stereocenters. The molecule has 2 atom stereocenters. The Hall–Kier alpha value is -2.13. The third-order valence-corrected chi connectivity index (χ3v) is 4.74. The molecule has 1 aromatic rings. The van der Waals surface area contributed by atoms with Gasteiger partial charge in [-0.2, -0.15) is 8.42 Å². The van der Waals surface area contributed by atoms with Gasteiger partial charge in [-0.05, 0) is 19.1 Å². The summed E-state index contributed by atoms with van der Waals surface area (Å²) in [7, 11) is -4.07. The second-order valence-corrected chi connectivity index (χ2v) is 6.58. The summed E-state index contributed by atoms with van der Waals surface area (Å²) in [4.78, 5) is 22.6. The largest absolute Gasteiger partial charge is 0.480 e. The first kappa shape index (κ1) is 16.2. The van der Waals surface area contributed by atoms with E-state index in [1.807, 2.05) is 0 Å². The maximum Gasteiger partial charge on any atom is 0.408 e. The number of nitrogens with zero attached hydrogens (tertiary/aromatic N) is 1. The van der Waals surface area contributed by atoms with Gasteiger partial charge in [0.1, 0.15) is 6.04 Å². The lowest BCUT2D eigenvalue weighted by molar-refractivity contribution is -0.141. The fourth-order valence-electron chi connectivity index (χ4n) is 2.25. The molecule has 1 heterocycles. The van der Waals surface area contributed by atoms with Gasteiger partial charge in [0.25, 0.3) is 10.1 Å². The molecule has 2 rings (SSSR count). The van der Waals surface area contributed by atoms with Crippen LogP contribution < -0.4 is 0 Å². The summed E-state index contributed by atoms with van der Waals surface area (Å²) in [5, 5.41) is 17.9. The highest BCUT2D eigenvalue weighted by atomic mass is 32.2. The Morgan fingerprint density at radius 3 is 2.27 bits per heavy atom. The first-order valence-corrected chi connectivity index (χ1v) is 7.84. The Balaban J connectivity index is 2.15. The van der Waals surface area contributed by atoms with Crippen LogP contribution in [0.5, 0.6) is 0 Å². The lowest BCUT2D eigenvalue weighted by Gasteiger charge is -2.16. The van der Waals surface area contributed by atoms with Gasteiger partial charge in [-0.15, -0.1) is 0 Å². The summed E-state index contributed by atoms with van der Waals surface area (Å²) in [6.45, 7) is 1.49. The number of likely N-dealkylation sites (tertiary alicyclic amines) is 1. The molecule has 8 nitrogen and oxygen atoms in total. The van der Waals surface area contributed by atoms with Gasteiger partial charge >= 0.3 is 12.1 Å². The van der Waals surface area contributed by atoms with Gasteiger partial charge in [0.05, 0.1) is 17.5 Å². The molecule has 1 aromatic carbocycles. The average Bonchev–Trinajstić information content (AvgIpc) is 2.82. The number of benzene rings is 1. The molecule has 2 N–H and O–H groups in total. The van der Waals surface area contributed by atoms with Gasteiger partial charge in [0, 0.05) is 6.42 Å². The van der Waals surface area contributed by atoms with E-state index < -0.39 is 34.3 Å². The van der Waals surface area contributed by atoms with Crippen molar-refractivity contribution < 1.29 is 32.4 Å². The predicted molar refractivity (Wildman–Crippen MR) is 74.0 cm³/mol. The molecule has 1 aliphatic heterocycles. The van der Waals surface area contributed by atoms with Gasteiger partial charge < -0.3 is 10.2 Å². The Kier molecular flexibility index (Phi) is 4.38. The lowest BCUT2D eigenvalue weighted by Crippen LogP contribution is -2.39. The quantitative estimate of drug-likeness (QED) is 0.787. The summed E-state index contributed by atoms with van der Waals surface area (Å²) in [6, 6.07) is 4.66. The number of rotatable bonds is 4. The van der Waals surface area contributed by atoms with Crippen molar-refractivity contribution >= 4 is 22.2 Å². The van der Waals surface area contributed by atoms with E-state index in [1.54, 1.807) is 19.1 Å². The van der Waals surface area contributed by atoms with Crippen LogP contribution in [0.4, 0.5) is 4.79 Å². The summed E-state index contributed by atoms with van der Waals surface area (Å²) >= 11 is 0. The number of aliphatic carboxylic acids is 1. The molecule has 0 aliphatic carbocycles. The van der Waals surface area contributed by atoms with Crippen LogP contribution in [0.3, 0.4) is 0 Å². The first-order chi connectivity index (χ1) is 10.2. The van der Waals surface area contributed by atoms with Crippen molar-refractivity contribution in [1.29, 1.82) is 0 Å². The monoisotopic (exact) mass is 329 g/mol. The molecular formula is C13H15NO7S. The zero-order valence-corrected chi connectivity index (χ0v) is 12.5. The van der Waals surface area contributed by atoms with Crippen molar-refractivity contribution in [2.75, 3.05) is 6.54 Å². The number of carboxylic acids is 1. The summed E-state index contributed by atoms with van der Waals surface area (Å²) in [6.07, 6.45) is -2.66. The fourth-order valence-corrected chi connectivity index (χ4v) is 3.33. The van der Waals surface area contributed by atoms with E-state index in [2.05, 4.69) is 0 Å². The standard InChI is InChI=1S/C13H15NO7S/c1-8-2-4-10(5-3-8)22(19,20)21-9-6-11(12(15)16)14(7-9)13(17)18/h2-5,9,11H,6-7H2,1H3,(H,15,16)(H,17,18)/t9-,11-/m1/s1. The summed E-state index contributed by atoms with van der Waals surface area (Å²) in [5.41, 5.74) is 0.878. The van der Waals surface area contributed by atoms with Crippen molar-refractivity contribution in [2.24, 2.45) is 0 Å². The maximum atomic E-state index is 12.1. The number of amides is 1. The van der Waals surface area contributed by atoms with Crippen LogP contribution in [0.1, 0.15) is 12.0 Å². The van der Waals surface area contributed by atoms with Crippen LogP contribution in [-0.4, -0.2) is 54.3 Å². The normalized spacial score (nSPS) is 21.8. The van der Waals surface area contributed by atoms with Crippen molar-refractivity contribution in [3.05, 3.63) is 29.8 Å². The molecule has 120 valence electrons. The number of aryl methyl sites for hydroxylation is 1. The highest BCUT2D eigenvalue weighted by Gasteiger charge is 2.42. The molecule has 1 saturated heterocycles. The van der Waals surface area contributed by atoms with Crippen LogP contribution in [0.15, 0.2) is 29.2 Å². The van der Waals surface area contributed by atoms with Gasteiger partial charge in [-0.1, -0.05) is 17.7 Å². The van der Waals surface area contributed by atoms with Gasteiger partial charge in [-0.25, -0.2) is 9.59 Å². The number of carboxylic acid groups (broad SMARTS) is 2. The predicted octanol–water partition coefficient (Wildman–Crippen LogP) is 0.906. The molecule has 22 heavy (non-hydrogen) atoms. The Bertz CT molecular complexity index is 661. The van der Waals surface area contributed by atoms with E-state index in [0.717, 1.165) is 5.56 Å². The van der Waals surface area contributed by atoms with Crippen LogP contribution in [-0.2, 0) is 19.1 Å². The molecule has 9 heteroatoms. The van der Waals surface area contributed by atoms with Crippen molar-refractivity contribution in [1.82, 2.24) is 4.90 Å². The maximum absolute atomic E-state index is 12.1. The smallest absolute Gasteiger partial charge is 0.408 e. The van der Waals surface area contributed by atoms with Crippen LogP contribution >= 0.6 is 0 Å². The highest BCUT2D eigenvalue weighted by molar-refractivity contribution is 7.86. The SMILES string of the molecule is Cc1ccc(S(=O)(=O)O[C@@H]2C[C@H](C(=O)O)N(C(=O)O)C2)cc1.